The van der Waals surface area contributed by atoms with Gasteiger partial charge in [-0.1, -0.05) is 0 Å². The number of carbonyl (C=O) groups is 2. The molecule has 0 radical (unpaired) electrons. The number of likely N-dealkylation sites (tertiary alicyclic amines) is 2. The van der Waals surface area contributed by atoms with Gasteiger partial charge in [0.05, 0.1) is 11.5 Å². The van der Waals surface area contributed by atoms with Crippen LogP contribution in [0.25, 0.3) is 0 Å². The molecule has 2 rings (SSSR count). The molecule has 2 heterocycles. The molecule has 2 atom stereocenters. The molecular weight excluding hydrogens is 510 g/mol. The summed E-state index contributed by atoms with van der Waals surface area (Å²) in [5.74, 6) is -0.345. The van der Waals surface area contributed by atoms with Crippen molar-refractivity contribution in [2.75, 3.05) is 37.7 Å². The molecule has 2 saturated heterocycles. The lowest BCUT2D eigenvalue weighted by Gasteiger charge is -2.24. The van der Waals surface area contributed by atoms with E-state index in [9.17, 15) is 26.4 Å². The van der Waals surface area contributed by atoms with Crippen molar-refractivity contribution in [3.63, 3.8) is 0 Å². The van der Waals surface area contributed by atoms with E-state index >= 15 is 0 Å². The second-order valence-corrected chi connectivity index (χ2v) is 15.2. The Labute approximate surface area is 207 Å². The molecule has 11 nitrogen and oxygen atoms in total. The molecule has 0 saturated carbocycles. The fourth-order valence-electron chi connectivity index (χ4n) is 3.53. The van der Waals surface area contributed by atoms with Gasteiger partial charge in [-0.3, -0.25) is 0 Å². The van der Waals surface area contributed by atoms with E-state index in [0.717, 1.165) is 0 Å². The number of sulfonamides is 1. The minimum absolute atomic E-state index is 0.0771. The lowest BCUT2D eigenvalue weighted by Crippen LogP contribution is -2.36. The van der Waals surface area contributed by atoms with Gasteiger partial charge in [0.2, 0.25) is 19.1 Å². The zero-order valence-corrected chi connectivity index (χ0v) is 23.1. The number of ether oxygens (including phenoxy) is 2. The first-order valence-corrected chi connectivity index (χ1v) is 15.2. The molecule has 0 aliphatic carbocycles. The molecule has 0 aromatic heterocycles. The van der Waals surface area contributed by atoms with Gasteiger partial charge in [0, 0.05) is 36.9 Å². The standard InChI is InChI=1S/C10H18ClNO4S.C10H20N2O4S/c2*1-10(2,3)16-9(13)12-5-4-8(6-12)7-17(11,14)15/h8H,4-7H2,1-3H3;8H,4-7H2,1-3H3,(H2,11,14,15). The molecule has 2 fully saturated rings. The maximum absolute atomic E-state index is 11.7. The predicted molar refractivity (Wildman–Crippen MR) is 129 cm³/mol. The third-order valence-corrected chi connectivity index (χ3v) is 6.96. The van der Waals surface area contributed by atoms with Crippen molar-refractivity contribution < 1.29 is 35.9 Å². The largest absolute Gasteiger partial charge is 0.444 e. The summed E-state index contributed by atoms with van der Waals surface area (Å²) >= 11 is 0. The van der Waals surface area contributed by atoms with E-state index < -0.39 is 42.5 Å². The maximum atomic E-state index is 11.7. The third kappa shape index (κ3) is 13.5. The highest BCUT2D eigenvalue weighted by molar-refractivity contribution is 8.13. The summed E-state index contributed by atoms with van der Waals surface area (Å²) in [5, 5.41) is 4.98. The van der Waals surface area contributed by atoms with E-state index in [1.54, 1.807) is 41.5 Å². The summed E-state index contributed by atoms with van der Waals surface area (Å²) in [5.41, 5.74) is -1.07. The SMILES string of the molecule is CC(C)(C)OC(=O)N1CCC(CS(=O)(=O)Cl)C1.CC(C)(C)OC(=O)N1CCC(CS(N)(=O)=O)C1. The fourth-order valence-corrected chi connectivity index (χ4v) is 5.83. The molecule has 2 amide bonds. The van der Waals surface area contributed by atoms with Crippen molar-refractivity contribution in [3.05, 3.63) is 0 Å². The van der Waals surface area contributed by atoms with Gasteiger partial charge in [0.15, 0.2) is 0 Å². The van der Waals surface area contributed by atoms with Crippen LogP contribution in [0, 0.1) is 11.8 Å². The minimum Gasteiger partial charge on any atom is -0.444 e. The van der Waals surface area contributed by atoms with Crippen LogP contribution in [-0.2, 0) is 28.5 Å². The molecule has 0 aromatic rings. The molecule has 200 valence electrons. The summed E-state index contributed by atoms with van der Waals surface area (Å²) in [6.07, 6.45) is 0.502. The molecule has 2 aliphatic heterocycles. The van der Waals surface area contributed by atoms with Crippen LogP contribution in [-0.4, -0.2) is 87.7 Å². The lowest BCUT2D eigenvalue weighted by atomic mass is 10.2. The summed E-state index contributed by atoms with van der Waals surface area (Å²) in [4.78, 5) is 26.4. The van der Waals surface area contributed by atoms with E-state index in [0.29, 0.717) is 39.0 Å². The van der Waals surface area contributed by atoms with E-state index in [1.807, 2.05) is 0 Å². The second-order valence-electron chi connectivity index (χ2n) is 10.7. The summed E-state index contributed by atoms with van der Waals surface area (Å²) < 4.78 is 54.1. The Morgan fingerprint density at radius 3 is 1.47 bits per heavy atom. The molecule has 0 spiro atoms. The Kier molecular flexibility index (Phi) is 10.5. The first-order valence-electron chi connectivity index (χ1n) is 11.0. The van der Waals surface area contributed by atoms with Crippen LogP contribution in [0.1, 0.15) is 54.4 Å². The number of hydrogen-bond acceptors (Lipinski definition) is 8. The van der Waals surface area contributed by atoms with Crippen LogP contribution in [0.15, 0.2) is 0 Å². The van der Waals surface area contributed by atoms with Crippen molar-refractivity contribution in [3.8, 4) is 0 Å². The summed E-state index contributed by atoms with van der Waals surface area (Å²) in [6.45, 7) is 12.6. The Morgan fingerprint density at radius 2 is 1.18 bits per heavy atom. The van der Waals surface area contributed by atoms with E-state index in [-0.39, 0.29) is 23.3 Å². The molecule has 14 heteroatoms. The zero-order valence-electron chi connectivity index (χ0n) is 20.7. The van der Waals surface area contributed by atoms with Gasteiger partial charge in [-0.05, 0) is 66.2 Å². The van der Waals surface area contributed by atoms with Crippen LogP contribution in [0.3, 0.4) is 0 Å². The van der Waals surface area contributed by atoms with E-state index in [1.165, 1.54) is 9.80 Å². The summed E-state index contributed by atoms with van der Waals surface area (Å²) in [6, 6.07) is 0. The van der Waals surface area contributed by atoms with Crippen molar-refractivity contribution in [2.45, 2.75) is 65.6 Å². The Hall–Kier alpha value is -1.31. The van der Waals surface area contributed by atoms with Crippen LogP contribution in [0.4, 0.5) is 9.59 Å². The highest BCUT2D eigenvalue weighted by atomic mass is 35.7. The Bertz CT molecular complexity index is 850. The molecule has 34 heavy (non-hydrogen) atoms. The molecule has 0 bridgehead atoms. The van der Waals surface area contributed by atoms with Crippen molar-refractivity contribution >= 4 is 41.9 Å². The van der Waals surface area contributed by atoms with Crippen LogP contribution in [0.2, 0.25) is 0 Å². The van der Waals surface area contributed by atoms with Crippen LogP contribution in [0.5, 0.6) is 0 Å². The third-order valence-electron chi connectivity index (χ3n) is 4.78. The van der Waals surface area contributed by atoms with E-state index in [4.69, 9.17) is 25.3 Å². The molecule has 2 aliphatic rings. The molecule has 2 N–H and O–H groups in total. The lowest BCUT2D eigenvalue weighted by molar-refractivity contribution is 0.0279. The minimum atomic E-state index is -3.50. The van der Waals surface area contributed by atoms with Gasteiger partial charge in [-0.25, -0.2) is 31.6 Å². The number of carbonyl (C=O) groups excluding carboxylic acids is 2. The molecule has 0 aromatic carbocycles. The maximum Gasteiger partial charge on any atom is 0.410 e. The van der Waals surface area contributed by atoms with Gasteiger partial charge in [-0.2, -0.15) is 0 Å². The number of amides is 2. The predicted octanol–water partition coefficient (Wildman–Crippen LogP) is 2.34. The second kappa shape index (κ2) is 11.6. The first kappa shape index (κ1) is 30.7. The fraction of sp³-hybridized carbons (Fsp3) is 0.900. The summed E-state index contributed by atoms with van der Waals surface area (Å²) in [7, 11) is -1.78. The first-order chi connectivity index (χ1) is 15.1. The Balaban J connectivity index is 0.000000340. The van der Waals surface area contributed by atoms with Crippen molar-refractivity contribution in [1.29, 1.82) is 0 Å². The Morgan fingerprint density at radius 1 is 0.824 bits per heavy atom. The van der Waals surface area contributed by atoms with Crippen LogP contribution < -0.4 is 5.14 Å². The number of nitrogens with two attached hydrogens (primary N) is 1. The van der Waals surface area contributed by atoms with Crippen molar-refractivity contribution in [1.82, 2.24) is 9.80 Å². The topological polar surface area (TPSA) is 153 Å². The number of halogens is 1. The van der Waals surface area contributed by atoms with Crippen molar-refractivity contribution in [2.24, 2.45) is 17.0 Å². The van der Waals surface area contributed by atoms with E-state index in [2.05, 4.69) is 0 Å². The van der Waals surface area contributed by atoms with Gasteiger partial charge in [-0.15, -0.1) is 0 Å². The molecular formula is C20H38ClN3O8S2. The zero-order chi connectivity index (χ0) is 26.5. The van der Waals surface area contributed by atoms with Gasteiger partial charge in [0.25, 0.3) is 0 Å². The highest BCUT2D eigenvalue weighted by Gasteiger charge is 2.32. The normalized spacial score (nSPS) is 21.6. The van der Waals surface area contributed by atoms with Gasteiger partial charge >= 0.3 is 12.2 Å². The number of nitrogens with zero attached hydrogens (tertiary/aromatic N) is 2. The highest BCUT2D eigenvalue weighted by Crippen LogP contribution is 2.22. The molecule has 2 unspecified atom stereocenters. The monoisotopic (exact) mass is 547 g/mol. The van der Waals surface area contributed by atoms with Gasteiger partial charge < -0.3 is 19.3 Å². The number of primary sulfonamides is 1. The average molecular weight is 548 g/mol. The smallest absolute Gasteiger partial charge is 0.410 e. The number of rotatable bonds is 4. The van der Waals surface area contributed by atoms with Gasteiger partial charge in [0.1, 0.15) is 11.2 Å². The van der Waals surface area contributed by atoms with Crippen LogP contribution >= 0.6 is 10.7 Å². The number of hydrogen-bond donors (Lipinski definition) is 1. The quantitative estimate of drug-likeness (QED) is 0.526. The average Bonchev–Trinajstić information content (AvgIpc) is 3.18.